The lowest BCUT2D eigenvalue weighted by Crippen LogP contribution is -2.39. The molecule has 1 aliphatic rings. The molecule has 0 aromatic heterocycles. The lowest BCUT2D eigenvalue weighted by Gasteiger charge is -2.46. The van der Waals surface area contributed by atoms with Crippen molar-refractivity contribution in [3.63, 3.8) is 0 Å². The van der Waals surface area contributed by atoms with Crippen LogP contribution in [0.4, 0.5) is 0 Å². The maximum Gasteiger partial charge on any atom is 0.327 e. The summed E-state index contributed by atoms with van der Waals surface area (Å²) in [6, 6.07) is 24.9. The molecule has 5 rings (SSSR count). The molecule has 4 aromatic carbocycles. The van der Waals surface area contributed by atoms with Gasteiger partial charge >= 0.3 is 8.60 Å². The Morgan fingerprint density at radius 1 is 0.711 bits per heavy atom. The third kappa shape index (κ3) is 6.36. The number of rotatable bonds is 10. The van der Waals surface area contributed by atoms with Gasteiger partial charge in [-0.05, 0) is 104 Å². The van der Waals surface area contributed by atoms with Crippen LogP contribution >= 0.6 is 8.60 Å². The number of benzene rings is 4. The second-order valence-electron chi connectivity index (χ2n) is 15.5. The summed E-state index contributed by atoms with van der Waals surface area (Å²) in [5.41, 5.74) is 5.66. The molecule has 0 amide bonds. The first-order chi connectivity index (χ1) is 21.2. The monoisotopic (exact) mass is 626 g/mol. The molecule has 2 N–H and O–H groups in total. The fraction of sp³-hybridized carbons (Fsp3) is 0.512. The Hall–Kier alpha value is -2.29. The van der Waals surface area contributed by atoms with Gasteiger partial charge in [0, 0.05) is 5.92 Å². The van der Waals surface area contributed by atoms with Gasteiger partial charge in [-0.3, -0.25) is 0 Å². The molecule has 1 saturated carbocycles. The quantitative estimate of drug-likeness (QED) is 0.172. The van der Waals surface area contributed by atoms with Crippen molar-refractivity contribution in [2.24, 2.45) is 0 Å². The van der Waals surface area contributed by atoms with Gasteiger partial charge in [0.1, 0.15) is 5.60 Å². The maximum absolute atomic E-state index is 10.6. The number of fused-ring (bicyclic) bond motifs is 2. The van der Waals surface area contributed by atoms with E-state index in [1.54, 1.807) is 0 Å². The maximum atomic E-state index is 10.6. The van der Waals surface area contributed by atoms with E-state index in [4.69, 9.17) is 4.52 Å². The molecule has 0 saturated heterocycles. The van der Waals surface area contributed by atoms with Crippen LogP contribution in [-0.2, 0) is 26.4 Å². The fourth-order valence-corrected chi connectivity index (χ4v) is 8.11. The molecule has 242 valence electrons. The molecule has 2 unspecified atom stereocenters. The molecule has 2 atom stereocenters. The van der Waals surface area contributed by atoms with Crippen molar-refractivity contribution in [2.75, 3.05) is 0 Å². The van der Waals surface area contributed by atoms with E-state index in [0.29, 0.717) is 0 Å². The Bertz CT molecular complexity index is 1670. The molecule has 0 heterocycles. The Morgan fingerprint density at radius 2 is 1.36 bits per heavy atom. The summed E-state index contributed by atoms with van der Waals surface area (Å²) in [6.07, 6.45) is 6.87. The standard InChI is InChI=1S/C41H55O3P/c1-10-38(4,5)32-24-30-25-36(39(6,7)11-2)34(27-33(30)37(26-32)40(8,9)12-3)35-19-15-16-22-41(35,44-45(42)43)31-21-20-28-17-13-14-18-29(28)23-31/h13-14,17-18,20-21,23-27,35,42-43H,10-12,15-16,19,22H2,1-9H3. The lowest BCUT2D eigenvalue weighted by molar-refractivity contribution is -0.00647. The van der Waals surface area contributed by atoms with Gasteiger partial charge < -0.3 is 14.3 Å². The summed E-state index contributed by atoms with van der Waals surface area (Å²) in [5.74, 6) is -0.0220. The largest absolute Gasteiger partial charge is 0.328 e. The summed E-state index contributed by atoms with van der Waals surface area (Å²) in [7, 11) is -2.58. The van der Waals surface area contributed by atoms with E-state index in [1.165, 1.54) is 38.4 Å². The van der Waals surface area contributed by atoms with Crippen LogP contribution in [0.5, 0.6) is 0 Å². The van der Waals surface area contributed by atoms with Gasteiger partial charge in [-0.15, -0.1) is 0 Å². The van der Waals surface area contributed by atoms with E-state index < -0.39 is 14.2 Å². The van der Waals surface area contributed by atoms with Crippen molar-refractivity contribution in [1.82, 2.24) is 0 Å². The second-order valence-corrected chi connectivity index (χ2v) is 16.2. The van der Waals surface area contributed by atoms with Gasteiger partial charge in [0.25, 0.3) is 0 Å². The highest BCUT2D eigenvalue weighted by atomic mass is 31.2. The summed E-state index contributed by atoms with van der Waals surface area (Å²) >= 11 is 0. The first-order valence-electron chi connectivity index (χ1n) is 17.2. The van der Waals surface area contributed by atoms with E-state index >= 15 is 0 Å². The van der Waals surface area contributed by atoms with Crippen molar-refractivity contribution < 1.29 is 14.3 Å². The Labute approximate surface area is 273 Å². The molecule has 1 fully saturated rings. The van der Waals surface area contributed by atoms with Gasteiger partial charge in [-0.25, -0.2) is 0 Å². The Kier molecular flexibility index (Phi) is 9.63. The molecule has 1 aliphatic carbocycles. The van der Waals surface area contributed by atoms with Gasteiger partial charge in [-0.1, -0.05) is 136 Å². The normalized spacial score (nSPS) is 20.0. The number of hydrogen-bond donors (Lipinski definition) is 2. The molecule has 0 bridgehead atoms. The van der Waals surface area contributed by atoms with Gasteiger partial charge in [0.05, 0.1) is 0 Å². The molecule has 0 spiro atoms. The predicted octanol–water partition coefficient (Wildman–Crippen LogP) is 11.8. The zero-order valence-corrected chi connectivity index (χ0v) is 30.0. The van der Waals surface area contributed by atoms with Crippen molar-refractivity contribution in [1.29, 1.82) is 0 Å². The first-order valence-corrected chi connectivity index (χ1v) is 18.3. The number of hydrogen-bond acceptors (Lipinski definition) is 3. The summed E-state index contributed by atoms with van der Waals surface area (Å²) in [6.45, 7) is 21.1. The molecule has 4 heteroatoms. The van der Waals surface area contributed by atoms with E-state index in [2.05, 4.69) is 129 Å². The average molecular weight is 627 g/mol. The van der Waals surface area contributed by atoms with Crippen molar-refractivity contribution in [3.05, 3.63) is 94.5 Å². The summed E-state index contributed by atoms with van der Waals surface area (Å²) < 4.78 is 6.47. The van der Waals surface area contributed by atoms with Gasteiger partial charge in [-0.2, -0.15) is 0 Å². The third-order valence-corrected chi connectivity index (χ3v) is 12.2. The highest BCUT2D eigenvalue weighted by Crippen LogP contribution is 2.57. The minimum Gasteiger partial charge on any atom is -0.328 e. The van der Waals surface area contributed by atoms with Crippen molar-refractivity contribution in [2.45, 2.75) is 135 Å². The Balaban J connectivity index is 1.86. The summed E-state index contributed by atoms with van der Waals surface area (Å²) in [5, 5.41) is 4.95. The predicted molar refractivity (Wildman–Crippen MR) is 193 cm³/mol. The highest BCUT2D eigenvalue weighted by Gasteiger charge is 2.48. The van der Waals surface area contributed by atoms with Crippen LogP contribution in [0.15, 0.2) is 66.7 Å². The zero-order chi connectivity index (χ0) is 32.8. The molecule has 45 heavy (non-hydrogen) atoms. The van der Waals surface area contributed by atoms with Gasteiger partial charge in [0.15, 0.2) is 0 Å². The average Bonchev–Trinajstić information content (AvgIpc) is 3.03. The second kappa shape index (κ2) is 12.7. The summed E-state index contributed by atoms with van der Waals surface area (Å²) in [4.78, 5) is 21.1. The van der Waals surface area contributed by atoms with Crippen LogP contribution < -0.4 is 0 Å². The smallest absolute Gasteiger partial charge is 0.327 e. The van der Waals surface area contributed by atoms with Gasteiger partial charge in [0.2, 0.25) is 0 Å². The molecule has 4 aromatic rings. The first kappa shape index (κ1) is 34.1. The van der Waals surface area contributed by atoms with Crippen LogP contribution in [0.25, 0.3) is 21.5 Å². The Morgan fingerprint density at radius 3 is 2.00 bits per heavy atom. The lowest BCUT2D eigenvalue weighted by atomic mass is 9.64. The minimum absolute atomic E-state index is 0.000159. The zero-order valence-electron chi connectivity index (χ0n) is 29.1. The molecule has 3 nitrogen and oxygen atoms in total. The van der Waals surface area contributed by atoms with Crippen LogP contribution in [-0.4, -0.2) is 9.79 Å². The van der Waals surface area contributed by atoms with Crippen LogP contribution in [0.2, 0.25) is 0 Å². The SMILES string of the molecule is CCC(C)(C)c1cc(C(C)(C)CC)c2cc(C3CCCCC3(OP(O)O)c3ccc4ccccc4c3)c(C(C)(C)CC)cc2c1. The van der Waals surface area contributed by atoms with Crippen molar-refractivity contribution >= 4 is 30.1 Å². The van der Waals surface area contributed by atoms with Crippen LogP contribution in [0.1, 0.15) is 141 Å². The topological polar surface area (TPSA) is 49.7 Å². The van der Waals surface area contributed by atoms with Crippen molar-refractivity contribution in [3.8, 4) is 0 Å². The molecule has 0 aliphatic heterocycles. The fourth-order valence-electron chi connectivity index (χ4n) is 7.49. The molecule has 0 radical (unpaired) electrons. The van der Waals surface area contributed by atoms with Crippen LogP contribution in [0, 0.1) is 0 Å². The van der Waals surface area contributed by atoms with Crippen LogP contribution in [0.3, 0.4) is 0 Å². The van der Waals surface area contributed by atoms with E-state index in [9.17, 15) is 9.79 Å². The van der Waals surface area contributed by atoms with E-state index in [-0.39, 0.29) is 22.2 Å². The van der Waals surface area contributed by atoms with E-state index in [0.717, 1.165) is 55.9 Å². The minimum atomic E-state index is -2.58. The molecular formula is C41H55O3P. The highest BCUT2D eigenvalue weighted by molar-refractivity contribution is 7.39. The third-order valence-electron chi connectivity index (χ3n) is 11.7. The molecular weight excluding hydrogens is 571 g/mol. The van der Waals surface area contributed by atoms with E-state index in [1.807, 2.05) is 0 Å².